The van der Waals surface area contributed by atoms with Crippen LogP contribution in [0.2, 0.25) is 0 Å². The van der Waals surface area contributed by atoms with Gasteiger partial charge in [0.15, 0.2) is 17.5 Å². The number of benzene rings is 1. The molecule has 0 saturated heterocycles. The van der Waals surface area contributed by atoms with Gasteiger partial charge < -0.3 is 15.4 Å². The quantitative estimate of drug-likeness (QED) is 0.487. The number of pyridine rings is 1. The highest BCUT2D eigenvalue weighted by atomic mass is 19.1. The maximum atomic E-state index is 14.3. The Bertz CT molecular complexity index is 1130. The van der Waals surface area contributed by atoms with Crippen molar-refractivity contribution < 1.29 is 13.9 Å². The first-order valence-corrected chi connectivity index (χ1v) is 8.67. The summed E-state index contributed by atoms with van der Waals surface area (Å²) in [5.74, 6) is -0.561. The zero-order chi connectivity index (χ0) is 19.7. The average molecular weight is 381 g/mol. The number of aromatic nitrogens is 4. The van der Waals surface area contributed by atoms with Crippen LogP contribution in [0, 0.1) is 11.6 Å². The fraction of sp³-hybridized carbons (Fsp3) is 0.150. The van der Waals surface area contributed by atoms with E-state index >= 15 is 0 Å². The molecule has 8 heteroatoms. The molecule has 1 aromatic carbocycles. The van der Waals surface area contributed by atoms with Crippen molar-refractivity contribution in [2.24, 2.45) is 0 Å². The highest BCUT2D eigenvalue weighted by molar-refractivity contribution is 5.92. The van der Waals surface area contributed by atoms with Gasteiger partial charge in [-0.25, -0.2) is 23.7 Å². The zero-order valence-corrected chi connectivity index (χ0v) is 14.9. The SMILES string of the molecule is C[C@H](Nc1nc(-c2c[nH]c3ncc(CO)cc23)ncc1F)c1ccc(F)cc1. The third-order valence-electron chi connectivity index (χ3n) is 4.48. The molecule has 1 atom stereocenters. The minimum absolute atomic E-state index is 0.0439. The van der Waals surface area contributed by atoms with Crippen LogP contribution < -0.4 is 5.32 Å². The number of aromatic amines is 1. The van der Waals surface area contributed by atoms with E-state index in [-0.39, 0.29) is 24.3 Å². The molecule has 0 fully saturated rings. The second kappa shape index (κ2) is 7.32. The molecule has 0 aliphatic carbocycles. The van der Waals surface area contributed by atoms with Gasteiger partial charge in [-0.2, -0.15) is 0 Å². The molecule has 4 rings (SSSR count). The summed E-state index contributed by atoms with van der Waals surface area (Å²) in [6, 6.07) is 7.47. The summed E-state index contributed by atoms with van der Waals surface area (Å²) in [5, 5.41) is 13.1. The third kappa shape index (κ3) is 3.41. The Kier molecular flexibility index (Phi) is 4.70. The fourth-order valence-electron chi connectivity index (χ4n) is 2.96. The average Bonchev–Trinajstić information content (AvgIpc) is 3.13. The molecule has 0 saturated carbocycles. The molecule has 6 nitrogen and oxygen atoms in total. The van der Waals surface area contributed by atoms with E-state index in [1.807, 2.05) is 6.92 Å². The van der Waals surface area contributed by atoms with Crippen molar-refractivity contribution >= 4 is 16.9 Å². The number of nitrogens with zero attached hydrogens (tertiary/aromatic N) is 3. The lowest BCUT2D eigenvalue weighted by Crippen LogP contribution is -2.10. The molecule has 142 valence electrons. The number of aliphatic hydroxyl groups is 1. The molecular formula is C20H17F2N5O. The van der Waals surface area contributed by atoms with E-state index in [0.29, 0.717) is 22.6 Å². The second-order valence-electron chi connectivity index (χ2n) is 6.41. The van der Waals surface area contributed by atoms with Crippen LogP contribution in [0.25, 0.3) is 22.4 Å². The molecule has 0 amide bonds. The van der Waals surface area contributed by atoms with E-state index < -0.39 is 5.82 Å². The molecule has 0 unspecified atom stereocenters. The van der Waals surface area contributed by atoms with Crippen LogP contribution in [0.3, 0.4) is 0 Å². The van der Waals surface area contributed by atoms with Gasteiger partial charge in [0.2, 0.25) is 0 Å². The van der Waals surface area contributed by atoms with Gasteiger partial charge in [0.25, 0.3) is 0 Å². The van der Waals surface area contributed by atoms with Gasteiger partial charge >= 0.3 is 0 Å². The van der Waals surface area contributed by atoms with Crippen LogP contribution in [0.5, 0.6) is 0 Å². The molecule has 0 spiro atoms. The van der Waals surface area contributed by atoms with E-state index in [0.717, 1.165) is 17.1 Å². The molecular weight excluding hydrogens is 364 g/mol. The molecule has 0 aliphatic heterocycles. The lowest BCUT2D eigenvalue weighted by atomic mass is 10.1. The van der Waals surface area contributed by atoms with Crippen molar-refractivity contribution in [3.05, 3.63) is 71.7 Å². The van der Waals surface area contributed by atoms with Crippen molar-refractivity contribution in [3.8, 4) is 11.4 Å². The van der Waals surface area contributed by atoms with E-state index in [1.54, 1.807) is 30.6 Å². The van der Waals surface area contributed by atoms with Gasteiger partial charge in [0.1, 0.15) is 11.5 Å². The molecule has 28 heavy (non-hydrogen) atoms. The molecule has 0 aliphatic rings. The number of hydrogen-bond donors (Lipinski definition) is 3. The Morgan fingerprint density at radius 3 is 2.68 bits per heavy atom. The van der Waals surface area contributed by atoms with Crippen molar-refractivity contribution in [2.75, 3.05) is 5.32 Å². The monoisotopic (exact) mass is 381 g/mol. The van der Waals surface area contributed by atoms with Crippen molar-refractivity contribution in [2.45, 2.75) is 19.6 Å². The molecule has 4 aromatic rings. The fourth-order valence-corrected chi connectivity index (χ4v) is 2.96. The van der Waals surface area contributed by atoms with Crippen LogP contribution in [0.4, 0.5) is 14.6 Å². The molecule has 0 bridgehead atoms. The molecule has 3 heterocycles. The predicted octanol–water partition coefficient (Wildman–Crippen LogP) is 3.96. The third-order valence-corrected chi connectivity index (χ3v) is 4.48. The number of halogens is 2. The summed E-state index contributed by atoms with van der Waals surface area (Å²) in [6.07, 6.45) is 4.37. The minimum atomic E-state index is -0.591. The number of nitrogens with one attached hydrogen (secondary N) is 2. The molecule has 0 radical (unpaired) electrons. The van der Waals surface area contributed by atoms with Crippen molar-refractivity contribution in [3.63, 3.8) is 0 Å². The summed E-state index contributed by atoms with van der Waals surface area (Å²) in [7, 11) is 0. The topological polar surface area (TPSA) is 86.7 Å². The smallest absolute Gasteiger partial charge is 0.183 e. The summed E-state index contributed by atoms with van der Waals surface area (Å²) in [5.41, 5.74) is 2.72. The van der Waals surface area contributed by atoms with E-state index in [1.165, 1.54) is 12.1 Å². The van der Waals surface area contributed by atoms with Crippen LogP contribution >= 0.6 is 0 Å². The Morgan fingerprint density at radius 2 is 1.93 bits per heavy atom. The number of anilines is 1. The summed E-state index contributed by atoms with van der Waals surface area (Å²) >= 11 is 0. The van der Waals surface area contributed by atoms with E-state index in [2.05, 4.69) is 25.3 Å². The van der Waals surface area contributed by atoms with Crippen LogP contribution in [0.1, 0.15) is 24.1 Å². The number of hydrogen-bond acceptors (Lipinski definition) is 5. The maximum absolute atomic E-state index is 14.3. The highest BCUT2D eigenvalue weighted by Gasteiger charge is 2.15. The number of H-pyrrole nitrogens is 1. The Balaban J connectivity index is 1.68. The van der Waals surface area contributed by atoms with Crippen molar-refractivity contribution in [1.82, 2.24) is 19.9 Å². The van der Waals surface area contributed by atoms with E-state index in [4.69, 9.17) is 0 Å². The van der Waals surface area contributed by atoms with Gasteiger partial charge in [-0.1, -0.05) is 12.1 Å². The second-order valence-corrected chi connectivity index (χ2v) is 6.41. The summed E-state index contributed by atoms with van der Waals surface area (Å²) in [4.78, 5) is 15.7. The van der Waals surface area contributed by atoms with Gasteiger partial charge in [-0.3, -0.25) is 0 Å². The van der Waals surface area contributed by atoms with Crippen LogP contribution in [-0.4, -0.2) is 25.0 Å². The number of aliphatic hydroxyl groups excluding tert-OH is 1. The Morgan fingerprint density at radius 1 is 1.14 bits per heavy atom. The molecule has 3 aromatic heterocycles. The number of rotatable bonds is 5. The largest absolute Gasteiger partial charge is 0.392 e. The van der Waals surface area contributed by atoms with Gasteiger partial charge in [-0.05, 0) is 36.2 Å². The van der Waals surface area contributed by atoms with E-state index in [9.17, 15) is 13.9 Å². The Labute approximate surface area is 159 Å². The minimum Gasteiger partial charge on any atom is -0.392 e. The summed E-state index contributed by atoms with van der Waals surface area (Å²) < 4.78 is 27.4. The maximum Gasteiger partial charge on any atom is 0.183 e. The summed E-state index contributed by atoms with van der Waals surface area (Å²) in [6.45, 7) is 1.69. The van der Waals surface area contributed by atoms with Crippen LogP contribution in [-0.2, 0) is 6.61 Å². The van der Waals surface area contributed by atoms with Crippen molar-refractivity contribution in [1.29, 1.82) is 0 Å². The Hall–Kier alpha value is -3.39. The van der Waals surface area contributed by atoms with Gasteiger partial charge in [0, 0.05) is 23.3 Å². The zero-order valence-electron chi connectivity index (χ0n) is 14.9. The predicted molar refractivity (Wildman–Crippen MR) is 101 cm³/mol. The lowest BCUT2D eigenvalue weighted by Gasteiger charge is -2.16. The molecule has 3 N–H and O–H groups in total. The van der Waals surface area contributed by atoms with Gasteiger partial charge in [0.05, 0.1) is 18.8 Å². The highest BCUT2D eigenvalue weighted by Crippen LogP contribution is 2.28. The first-order chi connectivity index (χ1) is 13.5. The first-order valence-electron chi connectivity index (χ1n) is 8.67. The lowest BCUT2D eigenvalue weighted by molar-refractivity contribution is 0.281. The van der Waals surface area contributed by atoms with Gasteiger partial charge in [-0.15, -0.1) is 0 Å². The number of fused-ring (bicyclic) bond motifs is 1. The standard InChI is InChI=1S/C20H17F2N5O/c1-11(13-2-4-14(21)5-3-13)26-20-17(22)9-25-19(27-20)16-8-24-18-15(16)6-12(10-28)7-23-18/h2-9,11,28H,10H2,1H3,(H,23,24)(H,25,26,27)/t11-/m0/s1. The van der Waals surface area contributed by atoms with Crippen LogP contribution in [0.15, 0.2) is 48.9 Å². The normalized spacial score (nSPS) is 12.3. The first kappa shape index (κ1) is 18.0.